The Kier molecular flexibility index (Phi) is 5.45. The molecule has 0 radical (unpaired) electrons. The molecular weight excluding hydrogens is 359 g/mol. The molecule has 2 aromatic heterocycles. The second-order valence-corrected chi connectivity index (χ2v) is 6.99. The van der Waals surface area contributed by atoms with Crippen LogP contribution in [0.3, 0.4) is 0 Å². The summed E-state index contributed by atoms with van der Waals surface area (Å²) in [7, 11) is 0. The summed E-state index contributed by atoms with van der Waals surface area (Å²) in [6.45, 7) is 2.43. The van der Waals surface area contributed by atoms with E-state index in [4.69, 9.17) is 5.10 Å². The van der Waals surface area contributed by atoms with Crippen LogP contribution in [0.4, 0.5) is 10.2 Å². The number of halogens is 1. The van der Waals surface area contributed by atoms with Gasteiger partial charge in [0.05, 0.1) is 0 Å². The van der Waals surface area contributed by atoms with Gasteiger partial charge in [0.2, 0.25) is 0 Å². The van der Waals surface area contributed by atoms with E-state index in [1.807, 2.05) is 12.1 Å². The molecular formula is C20H23FN6O. The van der Waals surface area contributed by atoms with Crippen molar-refractivity contribution >= 4 is 17.4 Å². The lowest BCUT2D eigenvalue weighted by Gasteiger charge is -2.21. The van der Waals surface area contributed by atoms with Gasteiger partial charge in [-0.3, -0.25) is 4.79 Å². The van der Waals surface area contributed by atoms with E-state index in [0.29, 0.717) is 30.0 Å². The molecule has 0 unspecified atom stereocenters. The maximum atomic E-state index is 13.0. The van der Waals surface area contributed by atoms with Gasteiger partial charge < -0.3 is 10.2 Å². The number of hydrogen-bond acceptors (Lipinski definition) is 5. The molecule has 28 heavy (non-hydrogen) atoms. The largest absolute Gasteiger partial charge is 0.355 e. The summed E-state index contributed by atoms with van der Waals surface area (Å²) >= 11 is 0. The summed E-state index contributed by atoms with van der Waals surface area (Å²) in [6, 6.07) is 9.40. The monoisotopic (exact) mass is 382 g/mol. The summed E-state index contributed by atoms with van der Waals surface area (Å²) in [5.41, 5.74) is 1.12. The highest BCUT2D eigenvalue weighted by atomic mass is 19.1. The maximum Gasteiger partial charge on any atom is 0.251 e. The van der Waals surface area contributed by atoms with E-state index in [-0.39, 0.29) is 11.7 Å². The molecule has 7 nitrogen and oxygen atoms in total. The minimum atomic E-state index is -0.363. The molecule has 1 N–H and O–H groups in total. The number of rotatable bonds is 5. The summed E-state index contributed by atoms with van der Waals surface area (Å²) in [5, 5.41) is 15.9. The van der Waals surface area contributed by atoms with Gasteiger partial charge in [0.15, 0.2) is 11.5 Å². The summed E-state index contributed by atoms with van der Waals surface area (Å²) in [6.07, 6.45) is 5.41. The van der Waals surface area contributed by atoms with Crippen LogP contribution in [-0.2, 0) is 6.42 Å². The Balaban J connectivity index is 1.42. The van der Waals surface area contributed by atoms with E-state index in [2.05, 4.69) is 20.4 Å². The highest BCUT2D eigenvalue weighted by molar-refractivity contribution is 5.94. The van der Waals surface area contributed by atoms with Crippen LogP contribution in [0, 0.1) is 5.82 Å². The molecule has 0 aliphatic carbocycles. The Labute approximate surface area is 162 Å². The number of nitrogens with one attached hydrogen (secondary N) is 1. The van der Waals surface area contributed by atoms with Crippen molar-refractivity contribution in [2.75, 3.05) is 24.5 Å². The molecule has 1 aromatic carbocycles. The maximum absolute atomic E-state index is 13.0. The van der Waals surface area contributed by atoms with Gasteiger partial charge in [-0.2, -0.15) is 4.52 Å². The lowest BCUT2D eigenvalue weighted by molar-refractivity contribution is 0.0954. The first kappa shape index (κ1) is 18.3. The number of anilines is 1. The van der Waals surface area contributed by atoms with Gasteiger partial charge in [-0.25, -0.2) is 4.39 Å². The summed E-state index contributed by atoms with van der Waals surface area (Å²) in [4.78, 5) is 14.5. The first-order chi connectivity index (χ1) is 13.7. The molecule has 0 atom stereocenters. The third-order valence-electron chi connectivity index (χ3n) is 4.98. The van der Waals surface area contributed by atoms with Crippen molar-refractivity contribution in [1.82, 2.24) is 25.1 Å². The number of carbonyl (C=O) groups is 1. The first-order valence-corrected chi connectivity index (χ1v) is 9.71. The molecule has 1 fully saturated rings. The van der Waals surface area contributed by atoms with Crippen LogP contribution in [-0.4, -0.2) is 45.4 Å². The summed E-state index contributed by atoms with van der Waals surface area (Å²) in [5.74, 6) is 1.03. The molecule has 4 rings (SSSR count). The fourth-order valence-electron chi connectivity index (χ4n) is 3.44. The van der Waals surface area contributed by atoms with E-state index < -0.39 is 0 Å². The predicted octanol–water partition coefficient (Wildman–Crippen LogP) is 2.62. The minimum absolute atomic E-state index is 0.243. The average Bonchev–Trinajstić information content (AvgIpc) is 2.92. The molecule has 1 aliphatic rings. The number of hydrogen-bond donors (Lipinski definition) is 1. The highest BCUT2D eigenvalue weighted by Crippen LogP contribution is 2.18. The Morgan fingerprint density at radius 2 is 1.75 bits per heavy atom. The molecule has 0 spiro atoms. The van der Waals surface area contributed by atoms with Gasteiger partial charge in [-0.05, 0) is 49.2 Å². The summed E-state index contributed by atoms with van der Waals surface area (Å²) < 4.78 is 14.7. The van der Waals surface area contributed by atoms with Crippen LogP contribution in [0.5, 0.6) is 0 Å². The average molecular weight is 382 g/mol. The molecule has 0 saturated carbocycles. The molecule has 1 amide bonds. The number of benzene rings is 1. The lowest BCUT2D eigenvalue weighted by atomic mass is 10.2. The van der Waals surface area contributed by atoms with Crippen molar-refractivity contribution in [2.24, 2.45) is 0 Å². The standard InChI is InChI=1S/C20H23FN6O/c21-16-7-5-15(6-8-16)20(28)22-12-11-18-24-23-17-9-10-19(25-27(17)18)26-13-3-1-2-4-14-26/h5-10H,1-4,11-14H2,(H,22,28). The Hall–Kier alpha value is -3.03. The molecule has 1 aliphatic heterocycles. The zero-order valence-electron chi connectivity index (χ0n) is 15.6. The molecule has 3 aromatic rings. The second kappa shape index (κ2) is 8.33. The first-order valence-electron chi connectivity index (χ1n) is 9.71. The fraction of sp³-hybridized carbons (Fsp3) is 0.400. The van der Waals surface area contributed by atoms with E-state index in [1.54, 1.807) is 4.52 Å². The van der Waals surface area contributed by atoms with Gasteiger partial charge in [0.1, 0.15) is 11.6 Å². The molecule has 146 valence electrons. The Morgan fingerprint density at radius 1 is 1.00 bits per heavy atom. The van der Waals surface area contributed by atoms with Crippen molar-refractivity contribution in [3.63, 3.8) is 0 Å². The van der Waals surface area contributed by atoms with Crippen molar-refractivity contribution in [3.8, 4) is 0 Å². The van der Waals surface area contributed by atoms with Crippen LogP contribution in [0.15, 0.2) is 36.4 Å². The number of nitrogens with zero attached hydrogens (tertiary/aromatic N) is 5. The number of carbonyl (C=O) groups excluding carboxylic acids is 1. The van der Waals surface area contributed by atoms with Crippen molar-refractivity contribution in [3.05, 3.63) is 53.6 Å². The van der Waals surface area contributed by atoms with Gasteiger partial charge in [-0.15, -0.1) is 15.3 Å². The van der Waals surface area contributed by atoms with Gasteiger partial charge in [0, 0.05) is 31.6 Å². The smallest absolute Gasteiger partial charge is 0.251 e. The molecule has 8 heteroatoms. The van der Waals surface area contributed by atoms with Gasteiger partial charge in [0.25, 0.3) is 5.91 Å². The SMILES string of the molecule is O=C(NCCc1nnc2ccc(N3CCCCCC3)nn12)c1ccc(F)cc1. The van der Waals surface area contributed by atoms with E-state index in [0.717, 1.165) is 18.9 Å². The zero-order chi connectivity index (χ0) is 19.3. The highest BCUT2D eigenvalue weighted by Gasteiger charge is 2.14. The van der Waals surface area contributed by atoms with Crippen LogP contribution in [0.2, 0.25) is 0 Å². The molecule has 0 bridgehead atoms. The Bertz CT molecular complexity index is 947. The van der Waals surface area contributed by atoms with Crippen LogP contribution in [0.1, 0.15) is 41.9 Å². The zero-order valence-corrected chi connectivity index (χ0v) is 15.6. The Morgan fingerprint density at radius 3 is 2.50 bits per heavy atom. The topological polar surface area (TPSA) is 75.4 Å². The van der Waals surface area contributed by atoms with Crippen molar-refractivity contribution in [1.29, 1.82) is 0 Å². The number of aromatic nitrogens is 4. The van der Waals surface area contributed by atoms with Crippen LogP contribution >= 0.6 is 0 Å². The number of amides is 1. The normalized spacial score (nSPS) is 14.8. The lowest BCUT2D eigenvalue weighted by Crippen LogP contribution is -2.27. The van der Waals surface area contributed by atoms with Gasteiger partial charge in [-0.1, -0.05) is 12.8 Å². The third-order valence-corrected chi connectivity index (χ3v) is 4.98. The number of fused-ring (bicyclic) bond motifs is 1. The second-order valence-electron chi connectivity index (χ2n) is 6.99. The van der Waals surface area contributed by atoms with E-state index in [1.165, 1.54) is 49.9 Å². The molecule has 1 saturated heterocycles. The van der Waals surface area contributed by atoms with Crippen LogP contribution in [0.25, 0.3) is 5.65 Å². The predicted molar refractivity (Wildman–Crippen MR) is 104 cm³/mol. The van der Waals surface area contributed by atoms with Crippen LogP contribution < -0.4 is 10.2 Å². The molecule has 3 heterocycles. The third kappa shape index (κ3) is 4.11. The minimum Gasteiger partial charge on any atom is -0.355 e. The van der Waals surface area contributed by atoms with E-state index >= 15 is 0 Å². The fourth-order valence-corrected chi connectivity index (χ4v) is 3.44. The van der Waals surface area contributed by atoms with Gasteiger partial charge >= 0.3 is 0 Å². The quantitative estimate of drug-likeness (QED) is 0.734. The van der Waals surface area contributed by atoms with E-state index in [9.17, 15) is 9.18 Å². The van der Waals surface area contributed by atoms with Crippen molar-refractivity contribution in [2.45, 2.75) is 32.1 Å². The van der Waals surface area contributed by atoms with Crippen molar-refractivity contribution < 1.29 is 9.18 Å².